The first-order valence-electron chi connectivity index (χ1n) is 11.5. The van der Waals surface area contributed by atoms with Crippen LogP contribution in [-0.2, 0) is 14.8 Å². The maximum Gasteiger partial charge on any atom is 0.264 e. The lowest BCUT2D eigenvalue weighted by molar-refractivity contribution is -0.120. The van der Waals surface area contributed by atoms with Crippen LogP contribution in [0.3, 0.4) is 0 Å². The van der Waals surface area contributed by atoms with Crippen LogP contribution in [0.15, 0.2) is 65.6 Å². The normalized spacial score (nSPS) is 11.8. The van der Waals surface area contributed by atoms with Gasteiger partial charge in [-0.05, 0) is 55.8 Å². The fourth-order valence-electron chi connectivity index (χ4n) is 3.75. The van der Waals surface area contributed by atoms with Crippen molar-refractivity contribution in [2.24, 2.45) is 0 Å². The Morgan fingerprint density at radius 2 is 1.46 bits per heavy atom. The molecule has 0 saturated heterocycles. The van der Waals surface area contributed by atoms with Gasteiger partial charge >= 0.3 is 0 Å². The van der Waals surface area contributed by atoms with E-state index in [2.05, 4.69) is 5.32 Å². The van der Waals surface area contributed by atoms with E-state index < -0.39 is 28.5 Å². The highest BCUT2D eigenvalue weighted by atomic mass is 32.2. The Bertz CT molecular complexity index is 1340. The molecule has 1 amide bonds. The lowest BCUT2D eigenvalue weighted by Gasteiger charge is -2.27. The topological polar surface area (TPSA) is 103 Å². The number of amides is 1. The number of methoxy groups -OCH3 is 4. The molecule has 0 aliphatic heterocycles. The SMILES string of the molecule is COc1ccc(OC)c(N(CC(=O)NC(C)c2ccc(OC)c(OC)c2)S(=O)(=O)c2ccc(C)cc2)c1. The number of hydrogen-bond donors (Lipinski definition) is 1. The Morgan fingerprint density at radius 1 is 0.838 bits per heavy atom. The molecule has 198 valence electrons. The summed E-state index contributed by atoms with van der Waals surface area (Å²) in [5.74, 6) is 1.26. The summed E-state index contributed by atoms with van der Waals surface area (Å²) in [6, 6.07) is 16.1. The molecule has 0 saturated carbocycles. The first-order chi connectivity index (χ1) is 17.6. The minimum atomic E-state index is -4.14. The van der Waals surface area contributed by atoms with Gasteiger partial charge in [0.2, 0.25) is 5.91 Å². The second-order valence-electron chi connectivity index (χ2n) is 8.27. The van der Waals surface area contributed by atoms with Crippen LogP contribution in [0.1, 0.15) is 24.1 Å². The number of carbonyl (C=O) groups excluding carboxylic acids is 1. The Labute approximate surface area is 218 Å². The zero-order valence-electron chi connectivity index (χ0n) is 21.8. The number of anilines is 1. The van der Waals surface area contributed by atoms with Gasteiger partial charge in [0.05, 0.1) is 45.1 Å². The van der Waals surface area contributed by atoms with Gasteiger partial charge in [-0.25, -0.2) is 8.42 Å². The van der Waals surface area contributed by atoms with Crippen LogP contribution in [0.4, 0.5) is 5.69 Å². The van der Waals surface area contributed by atoms with Crippen LogP contribution >= 0.6 is 0 Å². The molecule has 1 unspecified atom stereocenters. The standard InChI is InChI=1S/C27H32N2O7S/c1-18-7-11-22(12-8-18)37(31,32)29(23-16-21(33-3)10-14-24(23)34-4)17-27(30)28-19(2)20-9-13-25(35-5)26(15-20)36-6/h7-16,19H,17H2,1-6H3,(H,28,30). The average Bonchev–Trinajstić information content (AvgIpc) is 2.90. The summed E-state index contributed by atoms with van der Waals surface area (Å²) in [5, 5.41) is 2.87. The van der Waals surface area contributed by atoms with Gasteiger partial charge in [-0.1, -0.05) is 23.8 Å². The largest absolute Gasteiger partial charge is 0.497 e. The average molecular weight is 529 g/mol. The Balaban J connectivity index is 1.97. The van der Waals surface area contributed by atoms with Crippen LogP contribution < -0.4 is 28.6 Å². The van der Waals surface area contributed by atoms with Crippen molar-refractivity contribution in [1.29, 1.82) is 0 Å². The molecule has 0 aliphatic carbocycles. The van der Waals surface area contributed by atoms with E-state index >= 15 is 0 Å². The van der Waals surface area contributed by atoms with E-state index in [-0.39, 0.29) is 16.3 Å². The molecule has 0 bridgehead atoms. The van der Waals surface area contributed by atoms with E-state index in [0.717, 1.165) is 15.4 Å². The van der Waals surface area contributed by atoms with Crippen LogP contribution in [0.2, 0.25) is 0 Å². The molecule has 0 heterocycles. The first-order valence-corrected chi connectivity index (χ1v) is 12.9. The third-order valence-corrected chi connectivity index (χ3v) is 7.61. The number of carbonyl (C=O) groups is 1. The third kappa shape index (κ3) is 6.26. The highest BCUT2D eigenvalue weighted by Gasteiger charge is 2.30. The van der Waals surface area contributed by atoms with Gasteiger partial charge in [0.1, 0.15) is 18.0 Å². The number of aryl methyl sites for hydroxylation is 1. The molecule has 3 rings (SSSR count). The zero-order chi connectivity index (χ0) is 27.2. The molecule has 0 aliphatic rings. The second-order valence-corrected chi connectivity index (χ2v) is 10.1. The molecule has 3 aromatic rings. The van der Waals surface area contributed by atoms with E-state index in [9.17, 15) is 13.2 Å². The Morgan fingerprint density at radius 3 is 2.05 bits per heavy atom. The highest BCUT2D eigenvalue weighted by molar-refractivity contribution is 7.92. The van der Waals surface area contributed by atoms with E-state index in [4.69, 9.17) is 18.9 Å². The van der Waals surface area contributed by atoms with Crippen molar-refractivity contribution in [3.05, 3.63) is 71.8 Å². The summed E-state index contributed by atoms with van der Waals surface area (Å²) < 4.78 is 49.9. The van der Waals surface area contributed by atoms with Crippen molar-refractivity contribution in [2.45, 2.75) is 24.8 Å². The monoisotopic (exact) mass is 528 g/mol. The number of benzene rings is 3. The van der Waals surface area contributed by atoms with Crippen LogP contribution in [0.5, 0.6) is 23.0 Å². The summed E-state index contributed by atoms with van der Waals surface area (Å²) in [7, 11) is 1.83. The molecule has 0 aromatic heterocycles. The van der Waals surface area contributed by atoms with Crippen molar-refractivity contribution in [2.75, 3.05) is 39.3 Å². The molecule has 0 spiro atoms. The lowest BCUT2D eigenvalue weighted by Crippen LogP contribution is -2.41. The first kappa shape index (κ1) is 27.7. The van der Waals surface area contributed by atoms with Gasteiger partial charge in [-0.3, -0.25) is 9.10 Å². The summed E-state index contributed by atoms with van der Waals surface area (Å²) in [4.78, 5) is 13.3. The maximum absolute atomic E-state index is 13.8. The molecular weight excluding hydrogens is 496 g/mol. The molecule has 37 heavy (non-hydrogen) atoms. The van der Waals surface area contributed by atoms with Crippen molar-refractivity contribution in [1.82, 2.24) is 5.32 Å². The second kappa shape index (κ2) is 11.9. The highest BCUT2D eigenvalue weighted by Crippen LogP contribution is 2.36. The lowest BCUT2D eigenvalue weighted by atomic mass is 10.1. The van der Waals surface area contributed by atoms with Gasteiger partial charge in [-0.15, -0.1) is 0 Å². The van der Waals surface area contributed by atoms with Crippen molar-refractivity contribution >= 4 is 21.6 Å². The molecule has 3 aromatic carbocycles. The molecule has 9 nitrogen and oxygen atoms in total. The predicted octanol–water partition coefficient (Wildman–Crippen LogP) is 4.10. The maximum atomic E-state index is 13.8. The van der Waals surface area contributed by atoms with E-state index in [1.807, 2.05) is 6.92 Å². The zero-order valence-corrected chi connectivity index (χ0v) is 22.6. The van der Waals surface area contributed by atoms with Crippen LogP contribution in [0, 0.1) is 6.92 Å². The van der Waals surface area contributed by atoms with Gasteiger partial charge in [-0.2, -0.15) is 0 Å². The summed E-state index contributed by atoms with van der Waals surface area (Å²) in [6.07, 6.45) is 0. The molecule has 10 heteroatoms. The molecular formula is C27H32N2O7S. The van der Waals surface area contributed by atoms with Crippen molar-refractivity contribution in [3.8, 4) is 23.0 Å². The quantitative estimate of drug-likeness (QED) is 0.400. The van der Waals surface area contributed by atoms with Crippen molar-refractivity contribution in [3.63, 3.8) is 0 Å². The summed E-state index contributed by atoms with van der Waals surface area (Å²) in [5.41, 5.74) is 1.85. The van der Waals surface area contributed by atoms with Gasteiger partial charge in [0.15, 0.2) is 11.5 Å². The summed E-state index contributed by atoms with van der Waals surface area (Å²) in [6.45, 7) is 3.17. The van der Waals surface area contributed by atoms with E-state index in [1.54, 1.807) is 56.5 Å². The number of nitrogens with one attached hydrogen (secondary N) is 1. The minimum Gasteiger partial charge on any atom is -0.497 e. The smallest absolute Gasteiger partial charge is 0.264 e. The predicted molar refractivity (Wildman–Crippen MR) is 141 cm³/mol. The molecule has 1 atom stereocenters. The van der Waals surface area contributed by atoms with Gasteiger partial charge in [0, 0.05) is 6.07 Å². The van der Waals surface area contributed by atoms with Crippen molar-refractivity contribution < 1.29 is 32.2 Å². The van der Waals surface area contributed by atoms with E-state index in [0.29, 0.717) is 17.2 Å². The third-order valence-electron chi connectivity index (χ3n) is 5.84. The number of ether oxygens (including phenoxy) is 4. The van der Waals surface area contributed by atoms with Gasteiger partial charge in [0.25, 0.3) is 10.0 Å². The fourth-order valence-corrected chi connectivity index (χ4v) is 5.18. The molecule has 0 radical (unpaired) electrons. The minimum absolute atomic E-state index is 0.0451. The number of nitrogens with zero attached hydrogens (tertiary/aromatic N) is 1. The number of rotatable bonds is 11. The molecule has 1 N–H and O–H groups in total. The van der Waals surface area contributed by atoms with Crippen LogP contribution in [-0.4, -0.2) is 49.3 Å². The fraction of sp³-hybridized carbons (Fsp3) is 0.296. The molecule has 0 fully saturated rings. The van der Waals surface area contributed by atoms with E-state index in [1.165, 1.54) is 39.5 Å². The summed E-state index contributed by atoms with van der Waals surface area (Å²) >= 11 is 0. The van der Waals surface area contributed by atoms with Crippen LogP contribution in [0.25, 0.3) is 0 Å². The Kier molecular flexibility index (Phi) is 8.88. The number of hydrogen-bond acceptors (Lipinski definition) is 7. The Hall–Kier alpha value is -3.92. The van der Waals surface area contributed by atoms with Gasteiger partial charge < -0.3 is 24.3 Å². The number of sulfonamides is 1.